The number of benzene rings is 1. The zero-order chi connectivity index (χ0) is 12.8. The van der Waals surface area contributed by atoms with Crippen molar-refractivity contribution in [2.75, 3.05) is 13.7 Å². The molecule has 0 aromatic heterocycles. The van der Waals surface area contributed by atoms with E-state index in [-0.39, 0.29) is 0 Å². The lowest BCUT2D eigenvalue weighted by atomic mass is 10.2. The zero-order valence-corrected chi connectivity index (χ0v) is 11.3. The van der Waals surface area contributed by atoms with Crippen LogP contribution in [-0.4, -0.2) is 25.8 Å². The van der Waals surface area contributed by atoms with Crippen molar-refractivity contribution in [3.8, 4) is 11.5 Å². The van der Waals surface area contributed by atoms with Crippen molar-refractivity contribution in [2.24, 2.45) is 0 Å². The van der Waals surface area contributed by atoms with E-state index in [1.54, 1.807) is 7.11 Å². The summed E-state index contributed by atoms with van der Waals surface area (Å²) in [5.74, 6) is 1.81. The number of nitrogens with one attached hydrogen (secondary N) is 1. The Kier molecular flexibility index (Phi) is 4.88. The van der Waals surface area contributed by atoms with E-state index in [1.165, 1.54) is 12.8 Å². The highest BCUT2D eigenvalue weighted by Gasteiger charge is 2.25. The van der Waals surface area contributed by atoms with Crippen molar-refractivity contribution >= 4 is 0 Å². The van der Waals surface area contributed by atoms with E-state index < -0.39 is 0 Å². The van der Waals surface area contributed by atoms with Gasteiger partial charge in [-0.15, -0.1) is 0 Å². The van der Waals surface area contributed by atoms with Crippen molar-refractivity contribution in [3.05, 3.63) is 24.3 Å². The van der Waals surface area contributed by atoms with Gasteiger partial charge in [0, 0.05) is 6.04 Å². The summed E-state index contributed by atoms with van der Waals surface area (Å²) in [6.45, 7) is 3.31. The van der Waals surface area contributed by atoms with Gasteiger partial charge in [-0.3, -0.25) is 0 Å². The largest absolute Gasteiger partial charge is 0.497 e. The first-order chi connectivity index (χ1) is 8.81. The van der Waals surface area contributed by atoms with Gasteiger partial charge in [-0.05, 0) is 56.5 Å². The van der Waals surface area contributed by atoms with Gasteiger partial charge in [0.25, 0.3) is 0 Å². The summed E-state index contributed by atoms with van der Waals surface area (Å²) in [5.41, 5.74) is 0. The van der Waals surface area contributed by atoms with Crippen LogP contribution in [0.4, 0.5) is 0 Å². The second-order valence-corrected chi connectivity index (χ2v) is 4.88. The molecule has 1 aromatic rings. The average molecular weight is 249 g/mol. The van der Waals surface area contributed by atoms with Crippen molar-refractivity contribution < 1.29 is 9.47 Å². The molecule has 1 N–H and O–H groups in total. The Morgan fingerprint density at radius 3 is 2.56 bits per heavy atom. The standard InChI is InChI=1S/C15H23NO2/c1-3-10-16-12-4-5-15(11-12)18-14-8-6-13(17-2)7-9-14/h6-9,12,15-16H,3-5,10-11H2,1-2H3. The lowest BCUT2D eigenvalue weighted by Gasteiger charge is -2.15. The molecule has 0 saturated heterocycles. The number of methoxy groups -OCH3 is 1. The molecule has 0 radical (unpaired) electrons. The third-order valence-electron chi connectivity index (χ3n) is 3.43. The van der Waals surface area contributed by atoms with Gasteiger partial charge in [-0.1, -0.05) is 6.92 Å². The molecule has 2 unspecified atom stereocenters. The summed E-state index contributed by atoms with van der Waals surface area (Å²) in [6, 6.07) is 8.47. The highest BCUT2D eigenvalue weighted by Crippen LogP contribution is 2.25. The van der Waals surface area contributed by atoms with Gasteiger partial charge in [0.2, 0.25) is 0 Å². The Balaban J connectivity index is 1.79. The topological polar surface area (TPSA) is 30.5 Å². The molecule has 0 spiro atoms. The van der Waals surface area contributed by atoms with Crippen LogP contribution in [-0.2, 0) is 0 Å². The van der Waals surface area contributed by atoms with Crippen molar-refractivity contribution in [3.63, 3.8) is 0 Å². The third-order valence-corrected chi connectivity index (χ3v) is 3.43. The summed E-state index contributed by atoms with van der Waals surface area (Å²) >= 11 is 0. The van der Waals surface area contributed by atoms with Crippen molar-refractivity contribution in [2.45, 2.75) is 44.8 Å². The maximum absolute atomic E-state index is 5.99. The van der Waals surface area contributed by atoms with Gasteiger partial charge in [0.05, 0.1) is 7.11 Å². The Hall–Kier alpha value is -1.22. The molecule has 100 valence electrons. The van der Waals surface area contributed by atoms with Crippen LogP contribution in [0.2, 0.25) is 0 Å². The highest BCUT2D eigenvalue weighted by atomic mass is 16.5. The molecule has 2 rings (SSSR count). The quantitative estimate of drug-likeness (QED) is 0.840. The first-order valence-corrected chi connectivity index (χ1v) is 6.86. The van der Waals surface area contributed by atoms with Crippen LogP contribution in [0, 0.1) is 0 Å². The van der Waals surface area contributed by atoms with Gasteiger partial charge in [0.1, 0.15) is 17.6 Å². The second kappa shape index (κ2) is 6.64. The molecule has 0 heterocycles. The number of ether oxygens (including phenoxy) is 2. The maximum Gasteiger partial charge on any atom is 0.119 e. The summed E-state index contributed by atoms with van der Waals surface area (Å²) in [7, 11) is 1.68. The lowest BCUT2D eigenvalue weighted by molar-refractivity contribution is 0.206. The Bertz CT molecular complexity index is 350. The van der Waals surface area contributed by atoms with Crippen LogP contribution in [0.1, 0.15) is 32.6 Å². The van der Waals surface area contributed by atoms with E-state index in [0.717, 1.165) is 30.9 Å². The van der Waals surface area contributed by atoms with E-state index in [0.29, 0.717) is 12.1 Å². The molecule has 1 aromatic carbocycles. The van der Waals surface area contributed by atoms with Crippen LogP contribution < -0.4 is 14.8 Å². The minimum atomic E-state index is 0.354. The minimum Gasteiger partial charge on any atom is -0.497 e. The van der Waals surface area contributed by atoms with Gasteiger partial charge in [-0.25, -0.2) is 0 Å². The third kappa shape index (κ3) is 3.64. The molecule has 3 heteroatoms. The first kappa shape index (κ1) is 13.2. The summed E-state index contributed by atoms with van der Waals surface area (Å²) in [6.07, 6.45) is 5.04. The smallest absolute Gasteiger partial charge is 0.119 e. The predicted octanol–water partition coefficient (Wildman–Crippen LogP) is 2.99. The van der Waals surface area contributed by atoms with Crippen molar-refractivity contribution in [1.82, 2.24) is 5.32 Å². The molecule has 1 aliphatic carbocycles. The van der Waals surface area contributed by atoms with E-state index in [1.807, 2.05) is 24.3 Å². The molecule has 2 atom stereocenters. The van der Waals surface area contributed by atoms with Gasteiger partial charge in [-0.2, -0.15) is 0 Å². The fraction of sp³-hybridized carbons (Fsp3) is 0.600. The van der Waals surface area contributed by atoms with E-state index >= 15 is 0 Å². The normalized spacial score (nSPS) is 23.0. The van der Waals surface area contributed by atoms with Crippen LogP contribution in [0.15, 0.2) is 24.3 Å². The molecule has 0 bridgehead atoms. The molecular formula is C15H23NO2. The molecule has 18 heavy (non-hydrogen) atoms. The van der Waals surface area contributed by atoms with Gasteiger partial charge in [0.15, 0.2) is 0 Å². The van der Waals surface area contributed by atoms with E-state index in [2.05, 4.69) is 12.2 Å². The second-order valence-electron chi connectivity index (χ2n) is 4.88. The van der Waals surface area contributed by atoms with E-state index in [9.17, 15) is 0 Å². The number of hydrogen-bond acceptors (Lipinski definition) is 3. The fourth-order valence-electron chi connectivity index (χ4n) is 2.43. The molecule has 0 amide bonds. The van der Waals surface area contributed by atoms with E-state index in [4.69, 9.17) is 9.47 Å². The lowest BCUT2D eigenvalue weighted by Crippen LogP contribution is -2.28. The van der Waals surface area contributed by atoms with Crippen LogP contribution in [0.5, 0.6) is 11.5 Å². The molecule has 0 aliphatic heterocycles. The summed E-state index contributed by atoms with van der Waals surface area (Å²) in [5, 5.41) is 3.57. The predicted molar refractivity (Wildman–Crippen MR) is 73.3 cm³/mol. The van der Waals surface area contributed by atoms with Crippen LogP contribution in [0.25, 0.3) is 0 Å². The van der Waals surface area contributed by atoms with Gasteiger partial charge >= 0.3 is 0 Å². The highest BCUT2D eigenvalue weighted by molar-refractivity contribution is 5.31. The Morgan fingerprint density at radius 2 is 1.89 bits per heavy atom. The van der Waals surface area contributed by atoms with Crippen LogP contribution >= 0.6 is 0 Å². The Morgan fingerprint density at radius 1 is 1.17 bits per heavy atom. The summed E-state index contributed by atoms with van der Waals surface area (Å²) in [4.78, 5) is 0. The number of hydrogen-bond donors (Lipinski definition) is 1. The molecular weight excluding hydrogens is 226 g/mol. The monoisotopic (exact) mass is 249 g/mol. The maximum atomic E-state index is 5.99. The van der Waals surface area contributed by atoms with Crippen molar-refractivity contribution in [1.29, 1.82) is 0 Å². The zero-order valence-electron chi connectivity index (χ0n) is 11.3. The average Bonchev–Trinajstić information content (AvgIpc) is 2.85. The number of rotatable bonds is 6. The molecule has 1 fully saturated rings. The molecule has 3 nitrogen and oxygen atoms in total. The molecule has 1 aliphatic rings. The summed E-state index contributed by atoms with van der Waals surface area (Å²) < 4.78 is 11.1. The SMILES string of the molecule is CCCNC1CCC(Oc2ccc(OC)cc2)C1. The van der Waals surface area contributed by atoms with Crippen LogP contribution in [0.3, 0.4) is 0 Å². The Labute approximate surface area is 109 Å². The van der Waals surface area contributed by atoms with Gasteiger partial charge < -0.3 is 14.8 Å². The minimum absolute atomic E-state index is 0.354. The fourth-order valence-corrected chi connectivity index (χ4v) is 2.43. The molecule has 1 saturated carbocycles. The first-order valence-electron chi connectivity index (χ1n) is 6.86.